The Balaban J connectivity index is 1.53. The lowest BCUT2D eigenvalue weighted by atomic mass is 10.2. The summed E-state index contributed by atoms with van der Waals surface area (Å²) in [5.74, 6) is 0.941. The van der Waals surface area contributed by atoms with Gasteiger partial charge in [0.15, 0.2) is 5.58 Å². The first-order valence-corrected chi connectivity index (χ1v) is 10.7. The maximum absolute atomic E-state index is 12.4. The normalized spacial score (nSPS) is 11.2. The van der Waals surface area contributed by atoms with Crippen LogP contribution in [-0.2, 0) is 4.79 Å². The molecule has 4 rings (SSSR count). The van der Waals surface area contributed by atoms with E-state index in [1.807, 2.05) is 18.2 Å². The molecule has 3 aromatic carbocycles. The largest absolute Gasteiger partial charge is 0.507 e. The number of rotatable bonds is 5. The summed E-state index contributed by atoms with van der Waals surface area (Å²) in [6.07, 6.45) is 3.13. The quantitative estimate of drug-likeness (QED) is 0.285. The zero-order valence-electron chi connectivity index (χ0n) is 16.2. The zero-order valence-corrected chi connectivity index (χ0v) is 19.4. The van der Waals surface area contributed by atoms with Crippen LogP contribution in [0.2, 0.25) is 0 Å². The van der Waals surface area contributed by atoms with E-state index in [1.165, 1.54) is 6.08 Å². The van der Waals surface area contributed by atoms with Gasteiger partial charge in [0.25, 0.3) is 0 Å². The number of anilines is 1. The van der Waals surface area contributed by atoms with Crippen molar-refractivity contribution < 1.29 is 19.1 Å². The molecule has 0 bridgehead atoms. The van der Waals surface area contributed by atoms with Crippen LogP contribution in [0.1, 0.15) is 5.56 Å². The van der Waals surface area contributed by atoms with Crippen molar-refractivity contribution in [1.82, 2.24) is 4.98 Å². The number of aromatic hydroxyl groups is 1. The summed E-state index contributed by atoms with van der Waals surface area (Å²) in [6.45, 7) is 0. The Hall–Kier alpha value is -3.10. The maximum atomic E-state index is 12.4. The molecule has 0 aliphatic rings. The predicted molar refractivity (Wildman–Crippen MR) is 127 cm³/mol. The number of hydrogen-bond donors (Lipinski definition) is 2. The fourth-order valence-electron chi connectivity index (χ4n) is 2.95. The van der Waals surface area contributed by atoms with Crippen molar-refractivity contribution in [2.75, 3.05) is 12.4 Å². The third kappa shape index (κ3) is 4.81. The summed E-state index contributed by atoms with van der Waals surface area (Å²) in [5, 5.41) is 12.5. The van der Waals surface area contributed by atoms with E-state index in [9.17, 15) is 9.90 Å². The zero-order chi connectivity index (χ0) is 22.0. The number of ether oxygens (including phenoxy) is 1. The van der Waals surface area contributed by atoms with Gasteiger partial charge in [0, 0.05) is 27.4 Å². The van der Waals surface area contributed by atoms with Crippen LogP contribution in [0, 0.1) is 0 Å². The summed E-state index contributed by atoms with van der Waals surface area (Å²) in [7, 11) is 1.58. The molecular weight excluding hydrogens is 528 g/mol. The number of amides is 1. The van der Waals surface area contributed by atoms with Crippen molar-refractivity contribution in [3.63, 3.8) is 0 Å². The van der Waals surface area contributed by atoms with Gasteiger partial charge in [0.2, 0.25) is 11.8 Å². The van der Waals surface area contributed by atoms with E-state index < -0.39 is 0 Å². The lowest BCUT2D eigenvalue weighted by Gasteiger charge is -2.05. The molecule has 6 nitrogen and oxygen atoms in total. The molecule has 31 heavy (non-hydrogen) atoms. The summed E-state index contributed by atoms with van der Waals surface area (Å²) < 4.78 is 12.5. The van der Waals surface area contributed by atoms with Crippen LogP contribution in [0.25, 0.3) is 28.6 Å². The van der Waals surface area contributed by atoms with Crippen molar-refractivity contribution in [3.05, 3.63) is 75.2 Å². The number of carbonyl (C=O) groups excluding carboxylic acids is 1. The van der Waals surface area contributed by atoms with Crippen LogP contribution in [0.5, 0.6) is 11.5 Å². The van der Waals surface area contributed by atoms with Crippen molar-refractivity contribution >= 4 is 60.6 Å². The average Bonchev–Trinajstić information content (AvgIpc) is 3.17. The predicted octanol–water partition coefficient (Wildman–Crippen LogP) is 6.39. The SMILES string of the molecule is COc1ccc(Br)cc1C=CC(=O)Nc1ccc2oc(-c3ccc(O)c(Br)c3)nc2c1. The molecule has 156 valence electrons. The van der Waals surface area contributed by atoms with Crippen LogP contribution in [-0.4, -0.2) is 23.1 Å². The Labute approximate surface area is 194 Å². The van der Waals surface area contributed by atoms with Gasteiger partial charge >= 0.3 is 0 Å². The highest BCUT2D eigenvalue weighted by Gasteiger charge is 2.11. The average molecular weight is 544 g/mol. The minimum Gasteiger partial charge on any atom is -0.507 e. The van der Waals surface area contributed by atoms with Crippen molar-refractivity contribution in [1.29, 1.82) is 0 Å². The highest BCUT2D eigenvalue weighted by atomic mass is 79.9. The number of oxazole rings is 1. The van der Waals surface area contributed by atoms with E-state index in [0.717, 1.165) is 15.6 Å². The third-order valence-corrected chi connectivity index (χ3v) is 5.58. The Morgan fingerprint density at radius 1 is 1.13 bits per heavy atom. The fraction of sp³-hybridized carbons (Fsp3) is 0.0435. The molecule has 0 aliphatic carbocycles. The van der Waals surface area contributed by atoms with Gasteiger partial charge in [0.05, 0.1) is 11.6 Å². The summed E-state index contributed by atoms with van der Waals surface area (Å²) in [4.78, 5) is 16.9. The molecule has 0 aliphatic heterocycles. The molecule has 0 unspecified atom stereocenters. The van der Waals surface area contributed by atoms with Gasteiger partial charge in [-0.3, -0.25) is 4.79 Å². The number of halogens is 2. The number of hydrogen-bond acceptors (Lipinski definition) is 5. The van der Waals surface area contributed by atoms with E-state index in [0.29, 0.717) is 32.9 Å². The second-order valence-electron chi connectivity index (χ2n) is 6.58. The molecule has 2 N–H and O–H groups in total. The van der Waals surface area contributed by atoms with Gasteiger partial charge in [-0.1, -0.05) is 15.9 Å². The number of fused-ring (bicyclic) bond motifs is 1. The summed E-state index contributed by atoms with van der Waals surface area (Å²) in [5.41, 5.74) is 3.29. The Morgan fingerprint density at radius 3 is 2.74 bits per heavy atom. The van der Waals surface area contributed by atoms with Gasteiger partial charge in [-0.2, -0.15) is 0 Å². The molecule has 1 aromatic heterocycles. The van der Waals surface area contributed by atoms with Gasteiger partial charge in [0.1, 0.15) is 17.0 Å². The summed E-state index contributed by atoms with van der Waals surface area (Å²) in [6, 6.07) is 15.8. The van der Waals surface area contributed by atoms with Gasteiger partial charge < -0.3 is 19.6 Å². The molecule has 8 heteroatoms. The van der Waals surface area contributed by atoms with E-state index in [1.54, 1.807) is 49.6 Å². The molecule has 0 atom stereocenters. The fourth-order valence-corrected chi connectivity index (χ4v) is 3.71. The van der Waals surface area contributed by atoms with Gasteiger partial charge in [-0.05, 0) is 76.6 Å². The smallest absolute Gasteiger partial charge is 0.248 e. The Kier molecular flexibility index (Phi) is 6.11. The standard InChI is InChI=1S/C23H16Br2N2O4/c1-30-20-7-4-15(24)10-13(20)3-9-22(29)26-16-5-8-21-18(12-16)27-23(31-21)14-2-6-19(28)17(25)11-14/h2-12,28H,1H3,(H,26,29). The van der Waals surface area contributed by atoms with Crippen LogP contribution < -0.4 is 10.1 Å². The molecule has 0 saturated heterocycles. The second kappa shape index (κ2) is 8.95. The number of nitrogens with one attached hydrogen (secondary N) is 1. The molecule has 0 fully saturated rings. The number of methoxy groups -OCH3 is 1. The number of carbonyl (C=O) groups is 1. The van der Waals surface area contributed by atoms with Crippen molar-refractivity contribution in [2.45, 2.75) is 0 Å². The molecule has 0 radical (unpaired) electrons. The number of phenolic OH excluding ortho intramolecular Hbond substituents is 1. The van der Waals surface area contributed by atoms with E-state index in [4.69, 9.17) is 9.15 Å². The highest BCUT2D eigenvalue weighted by molar-refractivity contribution is 9.10. The van der Waals surface area contributed by atoms with E-state index >= 15 is 0 Å². The third-order valence-electron chi connectivity index (χ3n) is 4.46. The molecule has 4 aromatic rings. The summed E-state index contributed by atoms with van der Waals surface area (Å²) >= 11 is 6.70. The second-order valence-corrected chi connectivity index (χ2v) is 8.35. The van der Waals surface area contributed by atoms with Crippen LogP contribution in [0.15, 0.2) is 74.0 Å². The van der Waals surface area contributed by atoms with Crippen LogP contribution >= 0.6 is 31.9 Å². The number of benzene rings is 3. The minimum absolute atomic E-state index is 0.137. The first-order valence-electron chi connectivity index (χ1n) is 9.15. The van der Waals surface area contributed by atoms with E-state index in [-0.39, 0.29) is 11.7 Å². The van der Waals surface area contributed by atoms with E-state index in [2.05, 4.69) is 42.2 Å². The van der Waals surface area contributed by atoms with Crippen LogP contribution in [0.3, 0.4) is 0 Å². The molecule has 1 amide bonds. The lowest BCUT2D eigenvalue weighted by Crippen LogP contribution is -2.07. The molecule has 0 saturated carbocycles. The molecular formula is C23H16Br2N2O4. The Morgan fingerprint density at radius 2 is 1.97 bits per heavy atom. The highest BCUT2D eigenvalue weighted by Crippen LogP contribution is 2.31. The van der Waals surface area contributed by atoms with Gasteiger partial charge in [-0.25, -0.2) is 4.98 Å². The topological polar surface area (TPSA) is 84.6 Å². The monoisotopic (exact) mass is 542 g/mol. The number of aromatic nitrogens is 1. The number of phenols is 1. The number of nitrogens with zero attached hydrogens (tertiary/aromatic N) is 1. The van der Waals surface area contributed by atoms with Crippen molar-refractivity contribution in [2.24, 2.45) is 0 Å². The molecule has 0 spiro atoms. The van der Waals surface area contributed by atoms with Crippen LogP contribution in [0.4, 0.5) is 5.69 Å². The maximum Gasteiger partial charge on any atom is 0.248 e. The first-order chi connectivity index (χ1) is 14.9. The molecule has 1 heterocycles. The Bertz CT molecular complexity index is 1310. The van der Waals surface area contributed by atoms with Crippen molar-refractivity contribution in [3.8, 4) is 23.0 Å². The minimum atomic E-state index is -0.285. The van der Waals surface area contributed by atoms with Gasteiger partial charge in [-0.15, -0.1) is 0 Å². The first kappa shape index (κ1) is 21.1. The lowest BCUT2D eigenvalue weighted by molar-refractivity contribution is -0.111.